The molecule has 4 nitrogen and oxygen atoms in total. The van der Waals surface area contributed by atoms with Gasteiger partial charge < -0.3 is 11.1 Å². The second-order valence-electron chi connectivity index (χ2n) is 3.69. The normalized spacial score (nSPS) is 14.8. The van der Waals surface area contributed by atoms with E-state index in [0.717, 1.165) is 25.1 Å². The molecule has 0 spiro atoms. The fourth-order valence-corrected chi connectivity index (χ4v) is 1.80. The second-order valence-corrected chi connectivity index (χ2v) is 4.13. The first kappa shape index (κ1) is 11.0. The molecule has 0 fully saturated rings. The van der Waals surface area contributed by atoms with Gasteiger partial charge in [0, 0.05) is 6.54 Å². The van der Waals surface area contributed by atoms with Gasteiger partial charge in [-0.05, 0) is 47.9 Å². The van der Waals surface area contributed by atoms with Gasteiger partial charge in [-0.25, -0.2) is 0 Å². The predicted octanol–water partition coefficient (Wildman–Crippen LogP) is 0.499. The number of benzene rings is 1. The first-order valence-electron chi connectivity index (χ1n) is 5.17. The van der Waals surface area contributed by atoms with E-state index < -0.39 is 0 Å². The molecule has 0 aromatic heterocycles. The number of thiocarbonyl (C=S) groups is 1. The van der Waals surface area contributed by atoms with Crippen molar-refractivity contribution in [3.05, 3.63) is 34.9 Å². The molecule has 0 aliphatic carbocycles. The number of fused-ring (bicyclic) bond motifs is 1. The van der Waals surface area contributed by atoms with Gasteiger partial charge in [-0.1, -0.05) is 12.1 Å². The number of hydrazone groups is 1. The van der Waals surface area contributed by atoms with E-state index >= 15 is 0 Å². The highest BCUT2D eigenvalue weighted by molar-refractivity contribution is 7.80. The highest BCUT2D eigenvalue weighted by Gasteiger charge is 2.07. The number of hydrogen-bond donors (Lipinski definition) is 3. The van der Waals surface area contributed by atoms with Crippen molar-refractivity contribution in [3.63, 3.8) is 0 Å². The minimum Gasteiger partial charge on any atom is -0.375 e. The van der Waals surface area contributed by atoms with Gasteiger partial charge in [-0.15, -0.1) is 0 Å². The van der Waals surface area contributed by atoms with Gasteiger partial charge in [0.05, 0.1) is 6.21 Å². The minimum atomic E-state index is 0.179. The maximum Gasteiger partial charge on any atom is 0.184 e. The van der Waals surface area contributed by atoms with E-state index in [1.807, 2.05) is 6.07 Å². The molecule has 0 atom stereocenters. The lowest BCUT2D eigenvalue weighted by molar-refractivity contribution is 0.644. The zero-order valence-corrected chi connectivity index (χ0v) is 9.68. The van der Waals surface area contributed by atoms with Crippen molar-refractivity contribution in [2.45, 2.75) is 13.0 Å². The van der Waals surface area contributed by atoms with Crippen LogP contribution >= 0.6 is 12.2 Å². The van der Waals surface area contributed by atoms with E-state index in [2.05, 4.69) is 40.2 Å². The summed E-state index contributed by atoms with van der Waals surface area (Å²) >= 11 is 4.65. The number of nitrogens with one attached hydrogen (secondary N) is 2. The lowest BCUT2D eigenvalue weighted by Crippen LogP contribution is -2.24. The standard InChI is InChI=1S/C11H14N4S/c12-11(16)15-14-6-8-1-2-10-7-13-4-3-9(10)5-8/h1-2,5-6,13H,3-4,7H2,(H3,12,15,16). The third-order valence-corrected chi connectivity index (χ3v) is 2.60. The molecular formula is C11H14N4S. The summed E-state index contributed by atoms with van der Waals surface area (Å²) in [5.41, 5.74) is 11.6. The van der Waals surface area contributed by atoms with E-state index in [1.165, 1.54) is 11.1 Å². The van der Waals surface area contributed by atoms with Crippen LogP contribution in [-0.4, -0.2) is 17.9 Å². The Morgan fingerprint density at radius 3 is 3.19 bits per heavy atom. The molecule has 1 aliphatic rings. The van der Waals surface area contributed by atoms with E-state index in [0.29, 0.717) is 0 Å². The van der Waals surface area contributed by atoms with Crippen molar-refractivity contribution < 1.29 is 0 Å². The molecule has 1 aliphatic heterocycles. The number of hydrogen-bond acceptors (Lipinski definition) is 3. The molecule has 4 N–H and O–H groups in total. The Kier molecular flexibility index (Phi) is 3.48. The fraction of sp³-hybridized carbons (Fsp3) is 0.273. The summed E-state index contributed by atoms with van der Waals surface area (Å²) < 4.78 is 0. The van der Waals surface area contributed by atoms with E-state index in [9.17, 15) is 0 Å². The van der Waals surface area contributed by atoms with Crippen LogP contribution in [0.1, 0.15) is 16.7 Å². The number of nitrogens with two attached hydrogens (primary N) is 1. The Balaban J connectivity index is 2.11. The van der Waals surface area contributed by atoms with Crippen molar-refractivity contribution in [1.29, 1.82) is 0 Å². The summed E-state index contributed by atoms with van der Waals surface area (Å²) in [4.78, 5) is 0. The number of nitrogens with zero attached hydrogens (tertiary/aromatic N) is 1. The van der Waals surface area contributed by atoms with Crippen molar-refractivity contribution >= 4 is 23.5 Å². The maximum absolute atomic E-state index is 5.27. The van der Waals surface area contributed by atoms with Gasteiger partial charge in [0.25, 0.3) is 0 Å². The van der Waals surface area contributed by atoms with E-state index in [-0.39, 0.29) is 5.11 Å². The molecule has 5 heteroatoms. The fourth-order valence-electron chi connectivity index (χ4n) is 1.75. The number of rotatable bonds is 2. The summed E-state index contributed by atoms with van der Waals surface area (Å²) in [6.07, 6.45) is 2.79. The molecular weight excluding hydrogens is 220 g/mol. The molecule has 2 rings (SSSR count). The van der Waals surface area contributed by atoms with Crippen LogP contribution in [0.2, 0.25) is 0 Å². The SMILES string of the molecule is NC(=S)NN=Cc1ccc2c(c1)CCNC2. The Labute approximate surface area is 99.9 Å². The van der Waals surface area contributed by atoms with Crippen molar-refractivity contribution in [2.75, 3.05) is 6.54 Å². The Morgan fingerprint density at radius 1 is 1.50 bits per heavy atom. The van der Waals surface area contributed by atoms with Crippen LogP contribution in [-0.2, 0) is 13.0 Å². The summed E-state index contributed by atoms with van der Waals surface area (Å²) in [5.74, 6) is 0. The van der Waals surface area contributed by atoms with Gasteiger partial charge in [0.15, 0.2) is 5.11 Å². The Hall–Kier alpha value is -1.46. The summed E-state index contributed by atoms with van der Waals surface area (Å²) in [5, 5.41) is 7.45. The van der Waals surface area contributed by atoms with Crippen molar-refractivity contribution in [3.8, 4) is 0 Å². The molecule has 1 aromatic carbocycles. The molecule has 1 aromatic rings. The van der Waals surface area contributed by atoms with Gasteiger partial charge in [-0.2, -0.15) is 5.10 Å². The van der Waals surface area contributed by atoms with Crippen LogP contribution in [0.3, 0.4) is 0 Å². The van der Waals surface area contributed by atoms with Gasteiger partial charge in [0.2, 0.25) is 0 Å². The second kappa shape index (κ2) is 5.05. The topological polar surface area (TPSA) is 62.4 Å². The zero-order chi connectivity index (χ0) is 11.4. The smallest absolute Gasteiger partial charge is 0.184 e. The summed E-state index contributed by atoms with van der Waals surface area (Å²) in [6, 6.07) is 6.32. The lowest BCUT2D eigenvalue weighted by Gasteiger charge is -2.16. The first-order valence-corrected chi connectivity index (χ1v) is 5.57. The first-order chi connectivity index (χ1) is 7.75. The highest BCUT2D eigenvalue weighted by Crippen LogP contribution is 2.14. The Bertz CT molecular complexity index is 428. The van der Waals surface area contributed by atoms with Crippen molar-refractivity contribution in [1.82, 2.24) is 10.7 Å². The minimum absolute atomic E-state index is 0.179. The largest absolute Gasteiger partial charge is 0.375 e. The van der Waals surface area contributed by atoms with Gasteiger partial charge >= 0.3 is 0 Å². The molecule has 0 saturated carbocycles. The van der Waals surface area contributed by atoms with Gasteiger partial charge in [0.1, 0.15) is 0 Å². The molecule has 0 amide bonds. The average molecular weight is 234 g/mol. The molecule has 1 heterocycles. The van der Waals surface area contributed by atoms with E-state index in [4.69, 9.17) is 5.73 Å². The third kappa shape index (κ3) is 2.77. The third-order valence-electron chi connectivity index (χ3n) is 2.51. The zero-order valence-electron chi connectivity index (χ0n) is 8.86. The predicted molar refractivity (Wildman–Crippen MR) is 69.4 cm³/mol. The van der Waals surface area contributed by atoms with Gasteiger partial charge in [-0.3, -0.25) is 5.43 Å². The van der Waals surface area contributed by atoms with Crippen LogP contribution in [0, 0.1) is 0 Å². The average Bonchev–Trinajstić information content (AvgIpc) is 2.28. The quantitative estimate of drug-likeness (QED) is 0.396. The Morgan fingerprint density at radius 2 is 2.38 bits per heavy atom. The summed E-state index contributed by atoms with van der Waals surface area (Å²) in [6.45, 7) is 2.00. The molecule has 0 saturated heterocycles. The molecule has 84 valence electrons. The van der Waals surface area contributed by atoms with Crippen LogP contribution in [0.5, 0.6) is 0 Å². The van der Waals surface area contributed by atoms with Crippen LogP contribution in [0.25, 0.3) is 0 Å². The van der Waals surface area contributed by atoms with Crippen LogP contribution in [0.15, 0.2) is 23.3 Å². The van der Waals surface area contributed by atoms with E-state index in [1.54, 1.807) is 6.21 Å². The molecule has 0 bridgehead atoms. The lowest BCUT2D eigenvalue weighted by atomic mass is 9.99. The van der Waals surface area contributed by atoms with Crippen molar-refractivity contribution in [2.24, 2.45) is 10.8 Å². The van der Waals surface area contributed by atoms with Crippen LogP contribution < -0.4 is 16.5 Å². The summed E-state index contributed by atoms with van der Waals surface area (Å²) in [7, 11) is 0. The van der Waals surface area contributed by atoms with Crippen LogP contribution in [0.4, 0.5) is 0 Å². The molecule has 0 unspecified atom stereocenters. The molecule has 0 radical (unpaired) electrons. The maximum atomic E-state index is 5.27. The highest BCUT2D eigenvalue weighted by atomic mass is 32.1. The monoisotopic (exact) mass is 234 g/mol. The molecule has 16 heavy (non-hydrogen) atoms.